The predicted octanol–water partition coefficient (Wildman–Crippen LogP) is 6.80. The number of allylic oxidation sites excluding steroid dienone is 4. The summed E-state index contributed by atoms with van der Waals surface area (Å²) >= 11 is 0. The van der Waals surface area contributed by atoms with E-state index in [-0.39, 0.29) is 0 Å². The minimum absolute atomic E-state index is 0.292. The van der Waals surface area contributed by atoms with E-state index in [1.807, 2.05) is 12.1 Å². The highest BCUT2D eigenvalue weighted by Gasteiger charge is 2.45. The van der Waals surface area contributed by atoms with Crippen molar-refractivity contribution in [3.05, 3.63) is 83.0 Å². The zero-order valence-electron chi connectivity index (χ0n) is 20.5. The maximum absolute atomic E-state index is 11.0. The topological polar surface area (TPSA) is 40.5 Å². The molecule has 1 heterocycles. The third kappa shape index (κ3) is 4.21. The number of benzene rings is 2. The van der Waals surface area contributed by atoms with Gasteiger partial charge in [0, 0.05) is 30.6 Å². The van der Waals surface area contributed by atoms with Crippen molar-refractivity contribution in [2.45, 2.75) is 58.3 Å². The van der Waals surface area contributed by atoms with Crippen LogP contribution in [0.4, 0.5) is 5.69 Å². The number of aromatic hydroxyl groups is 1. The summed E-state index contributed by atoms with van der Waals surface area (Å²) in [6.07, 6.45) is 14.5. The molecule has 178 valence electrons. The van der Waals surface area contributed by atoms with Gasteiger partial charge in [-0.25, -0.2) is 0 Å². The highest BCUT2D eigenvalue weighted by molar-refractivity contribution is 5.56. The molecule has 3 heteroatoms. The van der Waals surface area contributed by atoms with E-state index in [4.69, 9.17) is 0 Å². The van der Waals surface area contributed by atoms with Crippen molar-refractivity contribution in [2.24, 2.45) is 17.3 Å². The van der Waals surface area contributed by atoms with Crippen LogP contribution >= 0.6 is 0 Å². The van der Waals surface area contributed by atoms with Crippen molar-refractivity contribution in [2.75, 3.05) is 18.0 Å². The minimum atomic E-state index is 0.292. The molecule has 1 saturated heterocycles. The fourth-order valence-electron chi connectivity index (χ4n) is 6.89. The number of fused-ring (bicyclic) bond motifs is 1. The Balaban J connectivity index is 1.39. The molecule has 1 N–H and O–H groups in total. The van der Waals surface area contributed by atoms with Crippen molar-refractivity contribution in [1.82, 2.24) is 0 Å². The summed E-state index contributed by atoms with van der Waals surface area (Å²) in [7, 11) is 0. The van der Waals surface area contributed by atoms with E-state index in [2.05, 4.69) is 67.3 Å². The van der Waals surface area contributed by atoms with E-state index < -0.39 is 0 Å². The SMILES string of the molecule is C/C=C\C(=C/C)C1CCc2cc(O)ccc2C1c1ccc(N2CCC3(CC2)CC(C=O)C3)cc1. The largest absolute Gasteiger partial charge is 0.508 e. The van der Waals surface area contributed by atoms with Crippen LogP contribution < -0.4 is 4.90 Å². The number of anilines is 1. The highest BCUT2D eigenvalue weighted by atomic mass is 16.3. The Hall–Kier alpha value is -2.81. The van der Waals surface area contributed by atoms with E-state index >= 15 is 0 Å². The van der Waals surface area contributed by atoms with Gasteiger partial charge in [-0.1, -0.05) is 36.4 Å². The molecule has 2 atom stereocenters. The summed E-state index contributed by atoms with van der Waals surface area (Å²) < 4.78 is 0. The van der Waals surface area contributed by atoms with Crippen LogP contribution in [0.5, 0.6) is 5.75 Å². The van der Waals surface area contributed by atoms with E-state index in [1.54, 1.807) is 0 Å². The van der Waals surface area contributed by atoms with Gasteiger partial charge in [0.05, 0.1) is 0 Å². The Bertz CT molecular complexity index is 1080. The second kappa shape index (κ2) is 9.44. The number of piperidine rings is 1. The van der Waals surface area contributed by atoms with Crippen LogP contribution in [0.3, 0.4) is 0 Å². The van der Waals surface area contributed by atoms with E-state index in [0.29, 0.717) is 28.9 Å². The maximum atomic E-state index is 11.0. The molecule has 2 aromatic rings. The van der Waals surface area contributed by atoms with Crippen molar-refractivity contribution >= 4 is 12.0 Å². The molecule has 2 unspecified atom stereocenters. The van der Waals surface area contributed by atoms with E-state index in [0.717, 1.165) is 45.1 Å². The molecule has 0 amide bonds. The average Bonchev–Trinajstić information content (AvgIpc) is 2.85. The van der Waals surface area contributed by atoms with Gasteiger partial charge in [0.15, 0.2) is 0 Å². The fraction of sp³-hybridized carbons (Fsp3) is 0.452. The maximum Gasteiger partial charge on any atom is 0.123 e. The van der Waals surface area contributed by atoms with Gasteiger partial charge in [0.25, 0.3) is 0 Å². The van der Waals surface area contributed by atoms with Crippen molar-refractivity contribution in [1.29, 1.82) is 0 Å². The molecule has 2 aliphatic carbocycles. The molecule has 0 aromatic heterocycles. The van der Waals surface area contributed by atoms with Crippen molar-refractivity contribution < 1.29 is 9.90 Å². The summed E-state index contributed by atoms with van der Waals surface area (Å²) in [5.74, 6) is 1.40. The van der Waals surface area contributed by atoms with Gasteiger partial charge in [-0.05, 0) is 110 Å². The van der Waals surface area contributed by atoms with Gasteiger partial charge in [0.2, 0.25) is 0 Å². The molecule has 1 aliphatic heterocycles. The fourth-order valence-corrected chi connectivity index (χ4v) is 6.89. The van der Waals surface area contributed by atoms with Gasteiger partial charge in [0.1, 0.15) is 12.0 Å². The Kier molecular flexibility index (Phi) is 6.38. The van der Waals surface area contributed by atoms with Gasteiger partial charge >= 0.3 is 0 Å². The number of phenolic OH excluding ortho intramolecular Hbond substituents is 1. The number of carbonyl (C=O) groups excluding carboxylic acids is 1. The monoisotopic (exact) mass is 455 g/mol. The average molecular weight is 456 g/mol. The summed E-state index contributed by atoms with van der Waals surface area (Å²) in [5, 5.41) is 10.1. The molecule has 1 saturated carbocycles. The van der Waals surface area contributed by atoms with Crippen LogP contribution in [0, 0.1) is 17.3 Å². The number of rotatable bonds is 5. The summed E-state index contributed by atoms with van der Waals surface area (Å²) in [4.78, 5) is 13.6. The van der Waals surface area contributed by atoms with Crippen LogP contribution in [0.1, 0.15) is 68.6 Å². The van der Waals surface area contributed by atoms with Crippen LogP contribution in [-0.2, 0) is 11.2 Å². The first kappa shape index (κ1) is 23.0. The van der Waals surface area contributed by atoms with Crippen LogP contribution in [0.15, 0.2) is 66.3 Å². The molecule has 0 bridgehead atoms. The van der Waals surface area contributed by atoms with Gasteiger partial charge in [-0.2, -0.15) is 0 Å². The quantitative estimate of drug-likeness (QED) is 0.398. The second-order valence-electron chi connectivity index (χ2n) is 10.7. The Labute approximate surface area is 204 Å². The van der Waals surface area contributed by atoms with Crippen molar-refractivity contribution in [3.8, 4) is 5.75 Å². The molecule has 2 fully saturated rings. The molecule has 34 heavy (non-hydrogen) atoms. The molecule has 3 aliphatic rings. The summed E-state index contributed by atoms with van der Waals surface area (Å²) in [6, 6.07) is 15.2. The normalized spacial score (nSPS) is 24.8. The minimum Gasteiger partial charge on any atom is -0.508 e. The molecule has 2 aromatic carbocycles. The number of hydrogen-bond donors (Lipinski definition) is 1. The molecule has 3 nitrogen and oxygen atoms in total. The molecule has 1 spiro atoms. The van der Waals surface area contributed by atoms with Gasteiger partial charge in [-0.15, -0.1) is 0 Å². The van der Waals surface area contributed by atoms with Crippen molar-refractivity contribution in [3.63, 3.8) is 0 Å². The number of phenols is 1. The standard InChI is InChI=1S/C31H37NO2/c1-3-5-23(4-2)28-12-8-25-18-27(34)11-13-29(25)30(28)24-6-9-26(10-7-24)32-16-14-31(15-17-32)19-22(20-31)21-33/h3-7,9-11,13,18,21-22,28,30,34H,8,12,14-17,19-20H2,1-2H3/b5-3-,23-4+. The zero-order chi connectivity index (χ0) is 23.7. The molecular weight excluding hydrogens is 418 g/mol. The second-order valence-corrected chi connectivity index (χ2v) is 10.7. The first-order chi connectivity index (χ1) is 16.6. The van der Waals surface area contributed by atoms with Crippen LogP contribution in [0.2, 0.25) is 0 Å². The number of carbonyl (C=O) groups is 1. The van der Waals surface area contributed by atoms with Gasteiger partial charge < -0.3 is 14.8 Å². The number of hydrogen-bond acceptors (Lipinski definition) is 3. The highest BCUT2D eigenvalue weighted by Crippen LogP contribution is 2.52. The lowest BCUT2D eigenvalue weighted by atomic mass is 9.58. The number of nitrogens with zero attached hydrogens (tertiary/aromatic N) is 1. The zero-order valence-corrected chi connectivity index (χ0v) is 20.5. The smallest absolute Gasteiger partial charge is 0.123 e. The summed E-state index contributed by atoms with van der Waals surface area (Å²) in [5.41, 5.74) is 7.11. The Morgan fingerprint density at radius 3 is 2.44 bits per heavy atom. The molecular formula is C31H37NO2. The first-order valence-electron chi connectivity index (χ1n) is 13.0. The van der Waals surface area contributed by atoms with Gasteiger partial charge in [-0.3, -0.25) is 0 Å². The molecule has 0 radical (unpaired) electrons. The lowest BCUT2D eigenvalue weighted by Gasteiger charge is -2.51. The number of aldehydes is 1. The first-order valence-corrected chi connectivity index (χ1v) is 13.0. The van der Waals surface area contributed by atoms with Crippen LogP contribution in [-0.4, -0.2) is 24.5 Å². The third-order valence-corrected chi connectivity index (χ3v) is 8.73. The predicted molar refractivity (Wildman–Crippen MR) is 139 cm³/mol. The summed E-state index contributed by atoms with van der Waals surface area (Å²) in [6.45, 7) is 6.41. The number of aryl methyl sites for hydroxylation is 1. The molecule has 5 rings (SSSR count). The van der Waals surface area contributed by atoms with Crippen LogP contribution in [0.25, 0.3) is 0 Å². The van der Waals surface area contributed by atoms with E-state index in [9.17, 15) is 9.90 Å². The Morgan fingerprint density at radius 2 is 1.79 bits per heavy atom. The third-order valence-electron chi connectivity index (χ3n) is 8.73. The lowest BCUT2D eigenvalue weighted by molar-refractivity contribution is -0.118. The lowest BCUT2D eigenvalue weighted by Crippen LogP contribution is -2.47. The Morgan fingerprint density at radius 1 is 1.06 bits per heavy atom. The van der Waals surface area contributed by atoms with E-state index in [1.165, 1.54) is 40.8 Å².